The maximum atomic E-state index is 12.7. The minimum absolute atomic E-state index is 0.0642. The molecule has 0 rings (SSSR count). The Morgan fingerprint density at radius 1 is 0.339 bits per heavy atom. The molecule has 0 unspecified atom stereocenters. The van der Waals surface area contributed by atoms with Crippen molar-refractivity contribution in [3.8, 4) is 0 Å². The molecule has 0 amide bonds. The fraction of sp³-hybridized carbons (Fsp3) is 0.940. The van der Waals surface area contributed by atoms with E-state index in [2.05, 4.69) is 34.6 Å². The maximum Gasteiger partial charge on any atom is 0.306 e. The Kier molecular flexibility index (Phi) is 41.8. The summed E-state index contributed by atoms with van der Waals surface area (Å²) in [4.78, 5) is 37.8. The Morgan fingerprint density at radius 2 is 0.589 bits per heavy atom. The zero-order valence-electron chi connectivity index (χ0n) is 38.3. The number of hydrogen-bond donors (Lipinski definition) is 0. The van der Waals surface area contributed by atoms with Crippen molar-refractivity contribution < 1.29 is 28.6 Å². The smallest absolute Gasteiger partial charge is 0.306 e. The van der Waals surface area contributed by atoms with Gasteiger partial charge in [0.15, 0.2) is 6.10 Å². The summed E-state index contributed by atoms with van der Waals surface area (Å²) in [6.07, 6.45) is 42.3. The molecule has 0 spiro atoms. The summed E-state index contributed by atoms with van der Waals surface area (Å²) in [5, 5.41) is 0. The zero-order valence-corrected chi connectivity index (χ0v) is 38.3. The number of ether oxygens (including phenoxy) is 3. The SMILES string of the molecule is CCCCCCCCCCCCC(=O)OC[C@@H](COC(=O)CCCCCCCCCCCCCC(C)C)OC(=O)CCCCCCCCCCCCCC(C)C. The van der Waals surface area contributed by atoms with Crippen LogP contribution in [0.15, 0.2) is 0 Å². The lowest BCUT2D eigenvalue weighted by Gasteiger charge is -2.18. The van der Waals surface area contributed by atoms with Crippen LogP contribution in [0.2, 0.25) is 0 Å². The first-order valence-electron chi connectivity index (χ1n) is 24.7. The molecule has 1 atom stereocenters. The fourth-order valence-electron chi connectivity index (χ4n) is 7.46. The Labute approximate surface area is 348 Å². The van der Waals surface area contributed by atoms with Gasteiger partial charge in [-0.2, -0.15) is 0 Å². The largest absolute Gasteiger partial charge is 0.462 e. The van der Waals surface area contributed by atoms with Crippen molar-refractivity contribution >= 4 is 17.9 Å². The van der Waals surface area contributed by atoms with Crippen LogP contribution in [0.5, 0.6) is 0 Å². The number of hydrogen-bond acceptors (Lipinski definition) is 6. The van der Waals surface area contributed by atoms with E-state index < -0.39 is 6.10 Å². The van der Waals surface area contributed by atoms with Gasteiger partial charge in [0.25, 0.3) is 0 Å². The Balaban J connectivity index is 4.31. The molecule has 0 saturated heterocycles. The highest BCUT2D eigenvalue weighted by Crippen LogP contribution is 2.17. The van der Waals surface area contributed by atoms with Crippen LogP contribution >= 0.6 is 0 Å². The third-order valence-electron chi connectivity index (χ3n) is 11.2. The monoisotopic (exact) mass is 793 g/mol. The van der Waals surface area contributed by atoms with Gasteiger partial charge in [0.05, 0.1) is 0 Å². The molecule has 0 aromatic rings. The van der Waals surface area contributed by atoms with E-state index in [9.17, 15) is 14.4 Å². The quantitative estimate of drug-likeness (QED) is 0.0347. The van der Waals surface area contributed by atoms with E-state index in [1.807, 2.05) is 0 Å². The van der Waals surface area contributed by atoms with Crippen molar-refractivity contribution in [3.05, 3.63) is 0 Å². The highest BCUT2D eigenvalue weighted by atomic mass is 16.6. The van der Waals surface area contributed by atoms with Gasteiger partial charge in [-0.25, -0.2) is 0 Å². The lowest BCUT2D eigenvalue weighted by atomic mass is 10.0. The zero-order chi connectivity index (χ0) is 41.2. The molecule has 0 radical (unpaired) electrons. The van der Waals surface area contributed by atoms with E-state index >= 15 is 0 Å². The van der Waals surface area contributed by atoms with Gasteiger partial charge in [0.1, 0.15) is 13.2 Å². The first-order chi connectivity index (χ1) is 27.2. The molecule has 0 aromatic heterocycles. The van der Waals surface area contributed by atoms with Gasteiger partial charge in [-0.3, -0.25) is 14.4 Å². The molecule has 6 nitrogen and oxygen atoms in total. The predicted molar refractivity (Wildman–Crippen MR) is 238 cm³/mol. The van der Waals surface area contributed by atoms with Crippen molar-refractivity contribution in [2.75, 3.05) is 13.2 Å². The van der Waals surface area contributed by atoms with Gasteiger partial charge < -0.3 is 14.2 Å². The van der Waals surface area contributed by atoms with Crippen molar-refractivity contribution in [1.29, 1.82) is 0 Å². The van der Waals surface area contributed by atoms with E-state index in [1.54, 1.807) is 0 Å². The van der Waals surface area contributed by atoms with Crippen LogP contribution in [0.4, 0.5) is 0 Å². The second-order valence-electron chi connectivity index (χ2n) is 18.1. The normalized spacial score (nSPS) is 12.1. The predicted octanol–water partition coefficient (Wildman–Crippen LogP) is 15.8. The lowest BCUT2D eigenvalue weighted by Crippen LogP contribution is -2.30. The Bertz CT molecular complexity index is 854. The van der Waals surface area contributed by atoms with Crippen LogP contribution in [0.25, 0.3) is 0 Å². The second kappa shape index (κ2) is 43.0. The molecule has 0 N–H and O–H groups in total. The third-order valence-corrected chi connectivity index (χ3v) is 11.2. The maximum absolute atomic E-state index is 12.7. The summed E-state index contributed by atoms with van der Waals surface area (Å²) in [5.74, 6) is 0.799. The molecule has 0 aliphatic heterocycles. The molecule has 0 heterocycles. The Morgan fingerprint density at radius 3 is 0.875 bits per heavy atom. The van der Waals surface area contributed by atoms with E-state index in [0.717, 1.165) is 69.6 Å². The molecular weight excluding hydrogens is 697 g/mol. The van der Waals surface area contributed by atoms with Crippen molar-refractivity contribution in [2.45, 2.75) is 278 Å². The van der Waals surface area contributed by atoms with E-state index in [4.69, 9.17) is 14.2 Å². The van der Waals surface area contributed by atoms with E-state index in [0.29, 0.717) is 19.3 Å². The molecule has 0 aliphatic carbocycles. The van der Waals surface area contributed by atoms with Gasteiger partial charge >= 0.3 is 17.9 Å². The highest BCUT2D eigenvalue weighted by molar-refractivity contribution is 5.71. The molecule has 0 aliphatic rings. The van der Waals surface area contributed by atoms with Gasteiger partial charge in [0.2, 0.25) is 0 Å². The molecule has 0 aromatic carbocycles. The van der Waals surface area contributed by atoms with Crippen LogP contribution in [0, 0.1) is 11.8 Å². The van der Waals surface area contributed by atoms with Crippen molar-refractivity contribution in [3.63, 3.8) is 0 Å². The van der Waals surface area contributed by atoms with Crippen LogP contribution in [-0.4, -0.2) is 37.2 Å². The average molecular weight is 793 g/mol. The number of carbonyl (C=O) groups is 3. The number of unbranched alkanes of at least 4 members (excludes halogenated alkanes) is 29. The number of carbonyl (C=O) groups excluding carboxylic acids is 3. The molecular formula is C50H96O6. The van der Waals surface area contributed by atoms with Gasteiger partial charge in [-0.1, -0.05) is 234 Å². The molecule has 6 heteroatoms. The van der Waals surface area contributed by atoms with E-state index in [-0.39, 0.29) is 31.1 Å². The van der Waals surface area contributed by atoms with Crippen LogP contribution in [-0.2, 0) is 28.6 Å². The van der Waals surface area contributed by atoms with Crippen LogP contribution < -0.4 is 0 Å². The summed E-state index contributed by atoms with van der Waals surface area (Å²) < 4.78 is 16.8. The number of rotatable bonds is 44. The van der Waals surface area contributed by atoms with E-state index in [1.165, 1.54) is 161 Å². The fourth-order valence-corrected chi connectivity index (χ4v) is 7.46. The minimum atomic E-state index is -0.760. The molecule has 0 bridgehead atoms. The topological polar surface area (TPSA) is 78.9 Å². The summed E-state index contributed by atoms with van der Waals surface area (Å²) in [6.45, 7) is 11.3. The van der Waals surface area contributed by atoms with Crippen molar-refractivity contribution in [1.82, 2.24) is 0 Å². The first-order valence-corrected chi connectivity index (χ1v) is 24.7. The summed E-state index contributed by atoms with van der Waals surface area (Å²) in [5.41, 5.74) is 0. The average Bonchev–Trinajstić information content (AvgIpc) is 3.16. The summed E-state index contributed by atoms with van der Waals surface area (Å²) in [6, 6.07) is 0. The third kappa shape index (κ3) is 43.5. The van der Waals surface area contributed by atoms with Crippen LogP contribution in [0.3, 0.4) is 0 Å². The minimum Gasteiger partial charge on any atom is -0.462 e. The van der Waals surface area contributed by atoms with Crippen molar-refractivity contribution in [2.24, 2.45) is 11.8 Å². The first kappa shape index (κ1) is 54.4. The molecule has 56 heavy (non-hydrogen) atoms. The second-order valence-corrected chi connectivity index (χ2v) is 18.1. The lowest BCUT2D eigenvalue weighted by molar-refractivity contribution is -0.167. The van der Waals surface area contributed by atoms with Gasteiger partial charge in [-0.15, -0.1) is 0 Å². The molecule has 0 fully saturated rings. The number of esters is 3. The van der Waals surface area contributed by atoms with Gasteiger partial charge in [0, 0.05) is 19.3 Å². The Hall–Kier alpha value is -1.59. The van der Waals surface area contributed by atoms with Gasteiger partial charge in [-0.05, 0) is 31.1 Å². The van der Waals surface area contributed by atoms with Crippen LogP contribution in [0.1, 0.15) is 272 Å². The summed E-state index contributed by atoms with van der Waals surface area (Å²) in [7, 11) is 0. The molecule has 332 valence electrons. The molecule has 0 saturated carbocycles. The standard InChI is InChI=1S/C50H96O6/c1-6-7-8-9-10-11-20-25-30-35-40-48(51)54-43-47(56-50(53)42-37-32-27-22-17-13-15-19-24-29-34-39-46(4)5)44-55-49(52)41-36-31-26-21-16-12-14-18-23-28-33-38-45(2)3/h45-47H,6-44H2,1-5H3/t47-/m0/s1. The summed E-state index contributed by atoms with van der Waals surface area (Å²) >= 11 is 0. The highest BCUT2D eigenvalue weighted by Gasteiger charge is 2.19.